The number of aromatic hydroxyl groups is 1. The van der Waals surface area contributed by atoms with E-state index in [0.29, 0.717) is 28.8 Å². The summed E-state index contributed by atoms with van der Waals surface area (Å²) in [4.78, 5) is 8.43. The highest BCUT2D eigenvalue weighted by atomic mass is 35.5. The Bertz CT molecular complexity index is 1300. The molecule has 0 saturated carbocycles. The predicted molar refractivity (Wildman–Crippen MR) is 154 cm³/mol. The minimum atomic E-state index is 0.246. The van der Waals surface area contributed by atoms with Gasteiger partial charge in [0.2, 0.25) is 0 Å². The number of thioether (sulfide) groups is 1. The number of benzene rings is 4. The second-order valence-electron chi connectivity index (χ2n) is 8.90. The van der Waals surface area contributed by atoms with Crippen molar-refractivity contribution in [1.82, 2.24) is 4.90 Å². The number of nitrogens with zero attached hydrogens (tertiary/aromatic N) is 2. The molecule has 1 N–H and O–H groups in total. The number of aliphatic imine (C=N–C) groups is 1. The molecule has 184 valence electrons. The van der Waals surface area contributed by atoms with Crippen molar-refractivity contribution in [3.05, 3.63) is 123 Å². The van der Waals surface area contributed by atoms with Gasteiger partial charge in [0.25, 0.3) is 0 Å². The fourth-order valence-corrected chi connectivity index (χ4v) is 5.29. The number of amidine groups is 1. The molecule has 0 heterocycles. The number of phenols is 1. The van der Waals surface area contributed by atoms with Crippen LogP contribution in [0.1, 0.15) is 27.8 Å². The number of hydrogen-bond acceptors (Lipinski definition) is 3. The number of phenolic OH excluding ortho intramolecular Hbond substituents is 1. The molecular formula is C30H28Cl2N2OS. The second kappa shape index (κ2) is 11.9. The number of rotatable bonds is 6. The number of hydrogen-bond donors (Lipinski definition) is 1. The molecule has 0 spiro atoms. The Morgan fingerprint density at radius 2 is 1.31 bits per heavy atom. The molecule has 0 aliphatic carbocycles. The van der Waals surface area contributed by atoms with E-state index >= 15 is 0 Å². The van der Waals surface area contributed by atoms with E-state index in [0.717, 1.165) is 15.6 Å². The van der Waals surface area contributed by atoms with Crippen LogP contribution in [0.2, 0.25) is 10.0 Å². The molecule has 0 atom stereocenters. The second-order valence-corrected chi connectivity index (χ2v) is 10.8. The van der Waals surface area contributed by atoms with Crippen LogP contribution < -0.4 is 0 Å². The van der Waals surface area contributed by atoms with Gasteiger partial charge < -0.3 is 10.0 Å². The van der Waals surface area contributed by atoms with Crippen LogP contribution in [0.5, 0.6) is 5.75 Å². The van der Waals surface area contributed by atoms with Crippen LogP contribution in [0, 0.1) is 20.8 Å². The van der Waals surface area contributed by atoms with Gasteiger partial charge in [0.15, 0.2) is 5.17 Å². The van der Waals surface area contributed by atoms with Crippen LogP contribution >= 0.6 is 35.0 Å². The van der Waals surface area contributed by atoms with Gasteiger partial charge in [-0.3, -0.25) is 0 Å². The molecule has 0 aromatic heterocycles. The van der Waals surface area contributed by atoms with Crippen molar-refractivity contribution in [2.75, 3.05) is 0 Å². The lowest BCUT2D eigenvalue weighted by molar-refractivity contribution is 0.414. The summed E-state index contributed by atoms with van der Waals surface area (Å²) < 4.78 is 0. The van der Waals surface area contributed by atoms with Gasteiger partial charge >= 0.3 is 0 Å². The Hall–Kier alpha value is -2.92. The third-order valence-electron chi connectivity index (χ3n) is 5.68. The Kier molecular flexibility index (Phi) is 8.63. The maximum absolute atomic E-state index is 9.79. The van der Waals surface area contributed by atoms with E-state index in [2.05, 4.69) is 68.1 Å². The first-order valence-corrected chi connectivity index (χ1v) is 13.2. The van der Waals surface area contributed by atoms with Gasteiger partial charge in [0.1, 0.15) is 5.75 Å². The summed E-state index contributed by atoms with van der Waals surface area (Å²) in [6.07, 6.45) is 0. The Balaban J connectivity index is 1.79. The first-order valence-electron chi connectivity index (χ1n) is 11.6. The smallest absolute Gasteiger partial charge is 0.169 e. The van der Waals surface area contributed by atoms with Crippen molar-refractivity contribution in [1.29, 1.82) is 0 Å². The van der Waals surface area contributed by atoms with E-state index in [9.17, 15) is 5.11 Å². The predicted octanol–water partition coefficient (Wildman–Crippen LogP) is 9.11. The van der Waals surface area contributed by atoms with E-state index in [4.69, 9.17) is 28.2 Å². The third-order valence-corrected chi connectivity index (χ3v) is 7.32. The maximum Gasteiger partial charge on any atom is 0.169 e. The lowest BCUT2D eigenvalue weighted by atomic mass is 10.1. The first kappa shape index (κ1) is 26.2. The minimum Gasteiger partial charge on any atom is -0.508 e. The fraction of sp³-hybridized carbons (Fsp3) is 0.167. The van der Waals surface area contributed by atoms with Gasteiger partial charge in [-0.25, -0.2) is 4.99 Å². The molecule has 0 radical (unpaired) electrons. The number of halogens is 2. The van der Waals surface area contributed by atoms with Crippen molar-refractivity contribution in [3.8, 4) is 5.75 Å². The van der Waals surface area contributed by atoms with E-state index < -0.39 is 0 Å². The molecule has 36 heavy (non-hydrogen) atoms. The molecule has 0 saturated heterocycles. The van der Waals surface area contributed by atoms with Crippen LogP contribution in [-0.2, 0) is 13.1 Å². The molecule has 0 aliphatic rings. The van der Waals surface area contributed by atoms with Gasteiger partial charge in [-0.2, -0.15) is 0 Å². The zero-order valence-corrected chi connectivity index (χ0v) is 22.8. The summed E-state index contributed by atoms with van der Waals surface area (Å²) in [6, 6.07) is 27.6. The minimum absolute atomic E-state index is 0.246. The molecule has 6 heteroatoms. The average Bonchev–Trinajstić information content (AvgIpc) is 2.82. The number of aryl methyl sites for hydroxylation is 3. The van der Waals surface area contributed by atoms with Crippen molar-refractivity contribution < 1.29 is 5.11 Å². The molecule has 4 aromatic carbocycles. The molecular weight excluding hydrogens is 507 g/mol. The first-order chi connectivity index (χ1) is 17.2. The lowest BCUT2D eigenvalue weighted by Crippen LogP contribution is -2.28. The van der Waals surface area contributed by atoms with Gasteiger partial charge in [0.05, 0.1) is 5.69 Å². The normalized spacial score (nSPS) is 11.5. The topological polar surface area (TPSA) is 35.8 Å². The van der Waals surface area contributed by atoms with Crippen LogP contribution in [0.4, 0.5) is 5.69 Å². The summed E-state index contributed by atoms with van der Waals surface area (Å²) in [5.74, 6) is 0.246. The molecule has 3 nitrogen and oxygen atoms in total. The standard InChI is InChI=1S/C30H28Cl2N2OS/c1-20-4-7-23(8-5-20)18-34(19-24-9-11-28(35)12-10-24)30(33-27-16-25(31)15-26(32)17-27)36-29-13-6-21(2)14-22(29)3/h4-17,35H,18-19H2,1-3H3. The van der Waals surface area contributed by atoms with E-state index in [-0.39, 0.29) is 5.75 Å². The van der Waals surface area contributed by atoms with E-state index in [1.54, 1.807) is 30.0 Å². The van der Waals surface area contributed by atoms with Crippen LogP contribution in [0.3, 0.4) is 0 Å². The van der Waals surface area contributed by atoms with Crippen LogP contribution in [-0.4, -0.2) is 15.2 Å². The van der Waals surface area contributed by atoms with Gasteiger partial charge in [-0.15, -0.1) is 0 Å². The zero-order valence-electron chi connectivity index (χ0n) is 20.5. The quantitative estimate of drug-likeness (QED) is 0.152. The summed E-state index contributed by atoms with van der Waals surface area (Å²) in [5, 5.41) is 11.7. The fourth-order valence-electron chi connectivity index (χ4n) is 3.81. The zero-order chi connectivity index (χ0) is 25.7. The highest BCUT2D eigenvalue weighted by Crippen LogP contribution is 2.32. The highest BCUT2D eigenvalue weighted by Gasteiger charge is 2.17. The Labute approximate surface area is 227 Å². The third kappa shape index (κ3) is 7.30. The van der Waals surface area contributed by atoms with Gasteiger partial charge in [0, 0.05) is 28.0 Å². The van der Waals surface area contributed by atoms with E-state index in [1.165, 1.54) is 22.3 Å². The van der Waals surface area contributed by atoms with Gasteiger partial charge in [-0.1, -0.05) is 94.6 Å². The van der Waals surface area contributed by atoms with Crippen molar-refractivity contribution in [3.63, 3.8) is 0 Å². The molecule has 4 rings (SSSR count). The van der Waals surface area contributed by atoms with E-state index in [1.807, 2.05) is 24.3 Å². The summed E-state index contributed by atoms with van der Waals surface area (Å²) in [5.41, 5.74) is 6.57. The van der Waals surface area contributed by atoms with Crippen molar-refractivity contribution in [2.24, 2.45) is 4.99 Å². The average molecular weight is 536 g/mol. The molecule has 0 fully saturated rings. The lowest BCUT2D eigenvalue weighted by Gasteiger charge is -2.27. The molecule has 0 amide bonds. The molecule has 0 unspecified atom stereocenters. The summed E-state index contributed by atoms with van der Waals surface area (Å²) in [7, 11) is 0. The Morgan fingerprint density at radius 1 is 0.750 bits per heavy atom. The van der Waals surface area contributed by atoms with Crippen LogP contribution in [0.25, 0.3) is 0 Å². The summed E-state index contributed by atoms with van der Waals surface area (Å²) >= 11 is 14.2. The summed E-state index contributed by atoms with van der Waals surface area (Å²) in [6.45, 7) is 7.57. The van der Waals surface area contributed by atoms with Gasteiger partial charge in [-0.05, 0) is 73.9 Å². The van der Waals surface area contributed by atoms with Crippen LogP contribution in [0.15, 0.2) is 94.8 Å². The Morgan fingerprint density at radius 3 is 1.89 bits per heavy atom. The molecule has 0 aliphatic heterocycles. The largest absolute Gasteiger partial charge is 0.508 e. The highest BCUT2D eigenvalue weighted by molar-refractivity contribution is 8.13. The van der Waals surface area contributed by atoms with Crippen molar-refractivity contribution in [2.45, 2.75) is 38.8 Å². The SMILES string of the molecule is Cc1ccc(CN(Cc2ccc(O)cc2)C(=Nc2cc(Cl)cc(Cl)c2)Sc2ccc(C)cc2C)cc1. The van der Waals surface area contributed by atoms with Crippen molar-refractivity contribution >= 4 is 45.8 Å². The molecule has 0 bridgehead atoms. The monoisotopic (exact) mass is 534 g/mol. The maximum atomic E-state index is 9.79. The molecule has 4 aromatic rings.